The molecule has 1 fully saturated rings. The summed E-state index contributed by atoms with van der Waals surface area (Å²) >= 11 is 7.57. The monoisotopic (exact) mass is 313 g/mol. The first kappa shape index (κ1) is 15.7. The molecular formula is C15H20ClNO2S. The Morgan fingerprint density at radius 3 is 2.85 bits per heavy atom. The maximum atomic E-state index is 12.0. The zero-order valence-corrected chi connectivity index (χ0v) is 13.0. The van der Waals surface area contributed by atoms with Gasteiger partial charge in [-0.2, -0.15) is 0 Å². The Balaban J connectivity index is 1.65. The number of aliphatic hydroxyl groups is 1. The molecule has 0 bridgehead atoms. The lowest BCUT2D eigenvalue weighted by atomic mass is 10.1. The highest BCUT2D eigenvalue weighted by molar-refractivity contribution is 7.99. The van der Waals surface area contributed by atoms with Crippen molar-refractivity contribution in [3.8, 4) is 0 Å². The number of piperidine rings is 1. The Hall–Kier alpha value is -0.710. The van der Waals surface area contributed by atoms with E-state index in [-0.39, 0.29) is 12.0 Å². The number of benzene rings is 1. The zero-order valence-electron chi connectivity index (χ0n) is 11.4. The van der Waals surface area contributed by atoms with Gasteiger partial charge in [-0.05, 0) is 49.3 Å². The first-order valence-corrected chi connectivity index (χ1v) is 8.36. The van der Waals surface area contributed by atoms with Crippen molar-refractivity contribution in [2.75, 3.05) is 18.8 Å². The summed E-state index contributed by atoms with van der Waals surface area (Å²) in [5, 5.41) is 10.3. The molecule has 5 heteroatoms. The van der Waals surface area contributed by atoms with E-state index in [1.807, 2.05) is 24.3 Å². The fraction of sp³-hybridized carbons (Fsp3) is 0.533. The van der Waals surface area contributed by atoms with Crippen LogP contribution < -0.4 is 0 Å². The maximum absolute atomic E-state index is 12.0. The molecule has 1 saturated heterocycles. The molecule has 3 nitrogen and oxygen atoms in total. The Bertz CT molecular complexity index is 438. The van der Waals surface area contributed by atoms with Crippen LogP contribution in [0.2, 0.25) is 5.02 Å². The molecule has 1 aliphatic rings. The molecule has 1 aliphatic heterocycles. The number of amides is 1. The first-order valence-electron chi connectivity index (χ1n) is 6.99. The number of thioether (sulfide) groups is 1. The number of hydrogen-bond acceptors (Lipinski definition) is 3. The van der Waals surface area contributed by atoms with Crippen LogP contribution in [0.5, 0.6) is 0 Å². The van der Waals surface area contributed by atoms with Crippen LogP contribution in [-0.2, 0) is 4.79 Å². The third-order valence-corrected chi connectivity index (χ3v) is 4.72. The highest BCUT2D eigenvalue weighted by Gasteiger charge is 2.21. The van der Waals surface area contributed by atoms with E-state index in [1.165, 1.54) is 4.90 Å². The third-order valence-electron chi connectivity index (χ3n) is 3.37. The lowest BCUT2D eigenvalue weighted by Crippen LogP contribution is -2.42. The number of halogens is 1. The Morgan fingerprint density at radius 1 is 1.40 bits per heavy atom. The number of likely N-dealkylation sites (tertiary alicyclic amines) is 1. The molecule has 1 aromatic carbocycles. The number of hydrogen-bond donors (Lipinski definition) is 1. The van der Waals surface area contributed by atoms with Gasteiger partial charge in [0.2, 0.25) is 5.91 Å². The predicted molar refractivity (Wildman–Crippen MR) is 83.2 cm³/mol. The second kappa shape index (κ2) is 7.91. The molecule has 0 radical (unpaired) electrons. The van der Waals surface area contributed by atoms with Gasteiger partial charge in [0.15, 0.2) is 0 Å². The average molecular weight is 314 g/mol. The van der Waals surface area contributed by atoms with Crippen LogP contribution in [0, 0.1) is 0 Å². The number of rotatable bonds is 5. The number of aliphatic hydroxyl groups excluding tert-OH is 1. The van der Waals surface area contributed by atoms with E-state index >= 15 is 0 Å². The van der Waals surface area contributed by atoms with Gasteiger partial charge in [0.05, 0.1) is 6.10 Å². The number of nitrogens with zero attached hydrogens (tertiary/aromatic N) is 1. The van der Waals surface area contributed by atoms with Crippen molar-refractivity contribution < 1.29 is 9.90 Å². The fourth-order valence-electron chi connectivity index (χ4n) is 2.28. The van der Waals surface area contributed by atoms with E-state index in [2.05, 4.69) is 0 Å². The predicted octanol–water partition coefficient (Wildman–Crippen LogP) is 3.20. The average Bonchev–Trinajstić information content (AvgIpc) is 2.45. The van der Waals surface area contributed by atoms with Gasteiger partial charge in [0.25, 0.3) is 0 Å². The molecule has 0 spiro atoms. The number of carbonyl (C=O) groups is 1. The molecule has 1 atom stereocenters. The molecule has 1 aromatic rings. The number of carbonyl (C=O) groups excluding carboxylic acids is 1. The Labute approximate surface area is 129 Å². The smallest absolute Gasteiger partial charge is 0.222 e. The molecule has 0 unspecified atom stereocenters. The summed E-state index contributed by atoms with van der Waals surface area (Å²) in [5.41, 5.74) is 0. The van der Waals surface area contributed by atoms with Crippen molar-refractivity contribution in [2.24, 2.45) is 0 Å². The van der Waals surface area contributed by atoms with Crippen molar-refractivity contribution in [2.45, 2.75) is 36.7 Å². The summed E-state index contributed by atoms with van der Waals surface area (Å²) in [7, 11) is 0. The van der Waals surface area contributed by atoms with Crippen LogP contribution in [0.4, 0.5) is 0 Å². The minimum atomic E-state index is -0.337. The summed E-state index contributed by atoms with van der Waals surface area (Å²) < 4.78 is 0. The Kier molecular flexibility index (Phi) is 6.20. The van der Waals surface area contributed by atoms with Crippen LogP contribution in [0.1, 0.15) is 25.7 Å². The molecule has 1 amide bonds. The highest BCUT2D eigenvalue weighted by Crippen LogP contribution is 2.21. The summed E-state index contributed by atoms with van der Waals surface area (Å²) in [6.45, 7) is 1.30. The molecule has 0 saturated carbocycles. The van der Waals surface area contributed by atoms with Crippen LogP contribution in [-0.4, -0.2) is 40.9 Å². The second-order valence-corrected chi connectivity index (χ2v) is 6.65. The van der Waals surface area contributed by atoms with E-state index in [4.69, 9.17) is 11.6 Å². The fourth-order valence-corrected chi connectivity index (χ4v) is 3.26. The van der Waals surface area contributed by atoms with Crippen molar-refractivity contribution >= 4 is 29.3 Å². The standard InChI is InChI=1S/C15H20ClNO2S/c16-12-5-7-14(8-6-12)20-10-2-4-15(19)17-9-1-3-13(18)11-17/h5-8,13,18H,1-4,9-11H2/t13-/m0/s1. The summed E-state index contributed by atoms with van der Waals surface area (Å²) in [5.74, 6) is 1.09. The molecule has 20 heavy (non-hydrogen) atoms. The third kappa shape index (κ3) is 5.00. The lowest BCUT2D eigenvalue weighted by molar-refractivity contribution is -0.134. The van der Waals surface area contributed by atoms with Gasteiger partial charge in [-0.3, -0.25) is 4.79 Å². The van der Waals surface area contributed by atoms with Gasteiger partial charge < -0.3 is 10.0 Å². The van der Waals surface area contributed by atoms with Gasteiger partial charge in [-0.25, -0.2) is 0 Å². The van der Waals surface area contributed by atoms with Crippen molar-refractivity contribution in [1.29, 1.82) is 0 Å². The van der Waals surface area contributed by atoms with Gasteiger partial charge in [0.1, 0.15) is 0 Å². The zero-order chi connectivity index (χ0) is 14.4. The van der Waals surface area contributed by atoms with Gasteiger partial charge in [-0.15, -0.1) is 11.8 Å². The van der Waals surface area contributed by atoms with Crippen molar-refractivity contribution in [3.63, 3.8) is 0 Å². The molecule has 110 valence electrons. The quantitative estimate of drug-likeness (QED) is 0.670. The highest BCUT2D eigenvalue weighted by atomic mass is 35.5. The van der Waals surface area contributed by atoms with E-state index < -0.39 is 0 Å². The van der Waals surface area contributed by atoms with Gasteiger partial charge in [0, 0.05) is 29.4 Å². The second-order valence-electron chi connectivity index (χ2n) is 5.04. The van der Waals surface area contributed by atoms with Crippen LogP contribution in [0.25, 0.3) is 0 Å². The van der Waals surface area contributed by atoms with E-state index in [0.717, 1.165) is 36.6 Å². The van der Waals surface area contributed by atoms with Crippen LogP contribution >= 0.6 is 23.4 Å². The van der Waals surface area contributed by atoms with Gasteiger partial charge in [-0.1, -0.05) is 11.6 Å². The molecular weight excluding hydrogens is 294 g/mol. The molecule has 0 aromatic heterocycles. The summed E-state index contributed by atoms with van der Waals surface area (Å²) in [6.07, 6.45) is 2.81. The minimum Gasteiger partial charge on any atom is -0.391 e. The van der Waals surface area contributed by atoms with Crippen molar-refractivity contribution in [1.82, 2.24) is 4.90 Å². The molecule has 2 rings (SSSR count). The largest absolute Gasteiger partial charge is 0.391 e. The first-order chi connectivity index (χ1) is 9.65. The van der Waals surface area contributed by atoms with Crippen LogP contribution in [0.3, 0.4) is 0 Å². The van der Waals surface area contributed by atoms with E-state index in [1.54, 1.807) is 16.7 Å². The topological polar surface area (TPSA) is 40.5 Å². The lowest BCUT2D eigenvalue weighted by Gasteiger charge is -2.30. The van der Waals surface area contributed by atoms with Crippen molar-refractivity contribution in [3.05, 3.63) is 29.3 Å². The molecule has 0 aliphatic carbocycles. The van der Waals surface area contributed by atoms with Crippen LogP contribution in [0.15, 0.2) is 29.2 Å². The van der Waals surface area contributed by atoms with Gasteiger partial charge >= 0.3 is 0 Å². The maximum Gasteiger partial charge on any atom is 0.222 e. The summed E-state index contributed by atoms with van der Waals surface area (Å²) in [4.78, 5) is 15.0. The SMILES string of the molecule is O=C(CCCSc1ccc(Cl)cc1)N1CCC[C@H](O)C1. The normalized spacial score (nSPS) is 19.1. The minimum absolute atomic E-state index is 0.167. The van der Waals surface area contributed by atoms with E-state index in [9.17, 15) is 9.90 Å². The van der Waals surface area contributed by atoms with E-state index in [0.29, 0.717) is 13.0 Å². The summed E-state index contributed by atoms with van der Waals surface area (Å²) in [6, 6.07) is 7.75. The molecule has 1 N–H and O–H groups in total. The number of β-amino-alcohol motifs (C(OH)–C–C–N with tert-alkyl or cyclic N) is 1. The Morgan fingerprint density at radius 2 is 2.15 bits per heavy atom. The molecule has 1 heterocycles.